The van der Waals surface area contributed by atoms with Gasteiger partial charge in [-0.05, 0) is 12.3 Å². The molecule has 0 aliphatic heterocycles. The molecule has 0 saturated carbocycles. The van der Waals surface area contributed by atoms with Crippen molar-refractivity contribution < 1.29 is 24.3 Å². The Balaban J connectivity index is 4.28. The molecule has 1 unspecified atom stereocenters. The molecule has 0 spiro atoms. The van der Waals surface area contributed by atoms with Gasteiger partial charge in [0.1, 0.15) is 6.04 Å². The first-order valence-electron chi connectivity index (χ1n) is 3.78. The highest BCUT2D eigenvalue weighted by Crippen LogP contribution is 2.30. The zero-order valence-electron chi connectivity index (χ0n) is 7.47. The van der Waals surface area contributed by atoms with Gasteiger partial charge in [0.05, 0.1) is 0 Å². The Bertz CT molecular complexity index is 223. The Morgan fingerprint density at radius 2 is 1.92 bits per heavy atom. The van der Waals surface area contributed by atoms with Crippen molar-refractivity contribution in [2.24, 2.45) is 5.92 Å². The fourth-order valence-electron chi connectivity index (χ4n) is 0.883. The lowest BCUT2D eigenvalue weighted by atomic mass is 10.1. The molecular weight excluding hydrogens is 197 g/mol. The number of carboxylic acid groups (broad SMARTS) is 1. The Morgan fingerprint density at radius 3 is 2.15 bits per heavy atom. The molecule has 0 fully saturated rings. The Kier molecular flexibility index (Phi) is 4.56. The van der Waals surface area contributed by atoms with Crippen LogP contribution in [0.1, 0.15) is 20.3 Å². The number of hydrogen-bond donors (Lipinski definition) is 4. The van der Waals surface area contributed by atoms with Gasteiger partial charge >= 0.3 is 13.7 Å². The topological polar surface area (TPSA) is 107 Å². The third kappa shape index (κ3) is 6.72. The van der Waals surface area contributed by atoms with E-state index >= 15 is 0 Å². The van der Waals surface area contributed by atoms with Crippen LogP contribution >= 0.6 is 7.75 Å². The molecule has 1 atom stereocenters. The van der Waals surface area contributed by atoms with Gasteiger partial charge in [-0.25, -0.2) is 9.65 Å². The van der Waals surface area contributed by atoms with Crippen molar-refractivity contribution in [2.75, 3.05) is 0 Å². The van der Waals surface area contributed by atoms with E-state index in [2.05, 4.69) is 0 Å². The maximum Gasteiger partial charge on any atom is 0.401 e. The summed E-state index contributed by atoms with van der Waals surface area (Å²) in [5, 5.41) is 10.3. The Morgan fingerprint density at radius 1 is 1.46 bits per heavy atom. The number of aliphatic carboxylic acids is 1. The molecule has 0 aromatic rings. The van der Waals surface area contributed by atoms with Crippen molar-refractivity contribution in [2.45, 2.75) is 26.3 Å². The molecule has 0 rings (SSSR count). The molecule has 0 aromatic carbocycles. The SMILES string of the molecule is CC(C)CC(NP(=O)(O)O)C(=O)O. The quantitative estimate of drug-likeness (QED) is 0.483. The van der Waals surface area contributed by atoms with Crippen LogP contribution in [-0.4, -0.2) is 26.9 Å². The molecule has 0 heterocycles. The maximum atomic E-state index is 10.5. The first-order chi connectivity index (χ1) is 5.72. The van der Waals surface area contributed by atoms with Crippen LogP contribution in [0.25, 0.3) is 0 Å². The Labute approximate surface area is 76.2 Å². The van der Waals surface area contributed by atoms with Crippen LogP contribution in [0.2, 0.25) is 0 Å². The average Bonchev–Trinajstić information content (AvgIpc) is 1.81. The second-order valence-corrected chi connectivity index (χ2v) is 4.54. The van der Waals surface area contributed by atoms with Crippen LogP contribution in [0.5, 0.6) is 0 Å². The summed E-state index contributed by atoms with van der Waals surface area (Å²) in [6.07, 6.45) is 0.181. The number of rotatable bonds is 5. The third-order valence-corrected chi connectivity index (χ3v) is 1.98. The van der Waals surface area contributed by atoms with E-state index < -0.39 is 19.8 Å². The zero-order valence-corrected chi connectivity index (χ0v) is 8.36. The Hall–Kier alpha value is -0.420. The van der Waals surface area contributed by atoms with Crippen molar-refractivity contribution in [1.29, 1.82) is 0 Å². The monoisotopic (exact) mass is 211 g/mol. The van der Waals surface area contributed by atoms with Crippen LogP contribution in [0.3, 0.4) is 0 Å². The standard InChI is InChI=1S/C6H14NO5P/c1-4(2)3-5(6(8)9)7-13(10,11)12/h4-5H,3H2,1-2H3,(H,8,9)(H3,7,10,11,12). The van der Waals surface area contributed by atoms with E-state index in [1.807, 2.05) is 0 Å². The predicted octanol–water partition coefficient (Wildman–Crippen LogP) is 0.168. The summed E-state index contributed by atoms with van der Waals surface area (Å²) in [5.41, 5.74) is 0. The van der Waals surface area contributed by atoms with Gasteiger partial charge in [-0.15, -0.1) is 0 Å². The van der Waals surface area contributed by atoms with Crippen LogP contribution in [0.4, 0.5) is 0 Å². The fourth-order valence-corrected chi connectivity index (χ4v) is 1.51. The molecule has 0 aromatic heterocycles. The molecule has 0 bridgehead atoms. The van der Waals surface area contributed by atoms with E-state index in [0.717, 1.165) is 0 Å². The highest BCUT2D eigenvalue weighted by Gasteiger charge is 2.26. The molecule has 0 saturated heterocycles. The molecule has 0 radical (unpaired) electrons. The van der Waals surface area contributed by atoms with Crippen molar-refractivity contribution in [1.82, 2.24) is 5.09 Å². The molecule has 6 nitrogen and oxygen atoms in total. The minimum atomic E-state index is -4.46. The second kappa shape index (κ2) is 4.72. The van der Waals surface area contributed by atoms with Gasteiger partial charge in [0.25, 0.3) is 0 Å². The lowest BCUT2D eigenvalue weighted by Gasteiger charge is -2.16. The third-order valence-electron chi connectivity index (χ3n) is 1.33. The molecular formula is C6H14NO5P. The summed E-state index contributed by atoms with van der Waals surface area (Å²) in [4.78, 5) is 27.5. The second-order valence-electron chi connectivity index (χ2n) is 3.19. The fraction of sp³-hybridized carbons (Fsp3) is 0.833. The van der Waals surface area contributed by atoms with E-state index in [0.29, 0.717) is 0 Å². The molecule has 0 aliphatic carbocycles. The van der Waals surface area contributed by atoms with E-state index in [-0.39, 0.29) is 12.3 Å². The summed E-state index contributed by atoms with van der Waals surface area (Å²) in [6, 6.07) is -1.19. The number of nitrogens with one attached hydrogen (secondary N) is 1. The minimum absolute atomic E-state index is 0.0557. The average molecular weight is 211 g/mol. The number of carbonyl (C=O) groups is 1. The van der Waals surface area contributed by atoms with Gasteiger partial charge in [0, 0.05) is 0 Å². The van der Waals surface area contributed by atoms with Gasteiger partial charge < -0.3 is 14.9 Å². The summed E-state index contributed by atoms with van der Waals surface area (Å²) >= 11 is 0. The summed E-state index contributed by atoms with van der Waals surface area (Å²) in [7, 11) is -4.46. The maximum absolute atomic E-state index is 10.5. The first kappa shape index (κ1) is 12.6. The summed E-state index contributed by atoms with van der Waals surface area (Å²) in [5.74, 6) is -1.20. The molecule has 0 amide bonds. The molecule has 7 heteroatoms. The van der Waals surface area contributed by atoms with Crippen LogP contribution in [0, 0.1) is 5.92 Å². The highest BCUT2D eigenvalue weighted by atomic mass is 31.2. The molecule has 13 heavy (non-hydrogen) atoms. The smallest absolute Gasteiger partial charge is 0.401 e. The lowest BCUT2D eigenvalue weighted by Crippen LogP contribution is -2.35. The van der Waals surface area contributed by atoms with E-state index in [4.69, 9.17) is 14.9 Å². The lowest BCUT2D eigenvalue weighted by molar-refractivity contribution is -0.139. The highest BCUT2D eigenvalue weighted by molar-refractivity contribution is 7.49. The van der Waals surface area contributed by atoms with Gasteiger partial charge in [-0.2, -0.15) is 0 Å². The summed E-state index contributed by atoms with van der Waals surface area (Å²) in [6.45, 7) is 3.55. The van der Waals surface area contributed by atoms with Crippen molar-refractivity contribution in [3.63, 3.8) is 0 Å². The first-order valence-corrected chi connectivity index (χ1v) is 5.39. The van der Waals surface area contributed by atoms with Crippen molar-refractivity contribution in [3.05, 3.63) is 0 Å². The van der Waals surface area contributed by atoms with Gasteiger partial charge in [0.15, 0.2) is 0 Å². The van der Waals surface area contributed by atoms with E-state index in [9.17, 15) is 9.36 Å². The van der Waals surface area contributed by atoms with Crippen LogP contribution in [0.15, 0.2) is 0 Å². The summed E-state index contributed by atoms with van der Waals surface area (Å²) < 4.78 is 10.4. The minimum Gasteiger partial charge on any atom is -0.480 e. The largest absolute Gasteiger partial charge is 0.480 e. The molecule has 0 aliphatic rings. The normalized spacial score (nSPS) is 14.5. The predicted molar refractivity (Wildman–Crippen MR) is 46.1 cm³/mol. The van der Waals surface area contributed by atoms with Gasteiger partial charge in [-0.1, -0.05) is 13.8 Å². The van der Waals surface area contributed by atoms with Gasteiger partial charge in [0.2, 0.25) is 0 Å². The van der Waals surface area contributed by atoms with Gasteiger partial charge in [-0.3, -0.25) is 4.79 Å². The number of hydrogen-bond acceptors (Lipinski definition) is 2. The zero-order chi connectivity index (χ0) is 10.6. The molecule has 4 N–H and O–H groups in total. The molecule has 78 valence electrons. The van der Waals surface area contributed by atoms with Crippen LogP contribution in [-0.2, 0) is 9.36 Å². The van der Waals surface area contributed by atoms with Crippen LogP contribution < -0.4 is 5.09 Å². The van der Waals surface area contributed by atoms with E-state index in [1.165, 1.54) is 0 Å². The van der Waals surface area contributed by atoms with E-state index in [1.54, 1.807) is 18.9 Å². The van der Waals surface area contributed by atoms with Crippen molar-refractivity contribution in [3.8, 4) is 0 Å². The van der Waals surface area contributed by atoms with Crippen molar-refractivity contribution >= 4 is 13.7 Å². The number of carboxylic acids is 1.